The number of rotatable bonds is 6. The van der Waals surface area contributed by atoms with Gasteiger partial charge >= 0.3 is 0 Å². The smallest absolute Gasteiger partial charge is 0.0634 e. The lowest BCUT2D eigenvalue weighted by Gasteiger charge is -2.53. The average Bonchev–Trinajstić information content (AvgIpc) is 2.37. The summed E-state index contributed by atoms with van der Waals surface area (Å²) in [5.41, 5.74) is 0.507. The second-order valence-corrected chi connectivity index (χ2v) is 7.30. The molecule has 0 saturated carbocycles. The maximum atomic E-state index is 5.57. The van der Waals surface area contributed by atoms with E-state index < -0.39 is 0 Å². The van der Waals surface area contributed by atoms with Crippen LogP contribution < -0.4 is 5.32 Å². The molecule has 0 amide bonds. The molecular formula is C16H34N2O. The lowest BCUT2D eigenvalue weighted by molar-refractivity contribution is -0.0303. The van der Waals surface area contributed by atoms with Crippen molar-refractivity contribution in [2.45, 2.75) is 77.5 Å². The molecule has 114 valence electrons. The molecule has 0 aromatic rings. The van der Waals surface area contributed by atoms with Crippen molar-refractivity contribution in [3.05, 3.63) is 0 Å². The molecule has 0 aromatic carbocycles. The van der Waals surface area contributed by atoms with Crippen LogP contribution >= 0.6 is 0 Å². The van der Waals surface area contributed by atoms with E-state index in [1.807, 2.05) is 7.11 Å². The molecule has 0 unspecified atom stereocenters. The zero-order valence-corrected chi connectivity index (χ0v) is 14.1. The SMILES string of the molecule is CCC1(CC)CNC(C)(C)CN1CCC(C)(C)OC. The average molecular weight is 270 g/mol. The van der Waals surface area contributed by atoms with E-state index in [1.54, 1.807) is 0 Å². The van der Waals surface area contributed by atoms with Crippen LogP contribution in [0.4, 0.5) is 0 Å². The van der Waals surface area contributed by atoms with Gasteiger partial charge in [0.15, 0.2) is 0 Å². The highest BCUT2D eigenvalue weighted by Gasteiger charge is 2.41. The quantitative estimate of drug-likeness (QED) is 0.803. The number of ether oxygens (including phenoxy) is 1. The summed E-state index contributed by atoms with van der Waals surface area (Å²) in [4.78, 5) is 2.70. The molecule has 19 heavy (non-hydrogen) atoms. The second kappa shape index (κ2) is 6.11. The van der Waals surface area contributed by atoms with Crippen LogP contribution in [-0.2, 0) is 4.74 Å². The standard InChI is InChI=1S/C16H34N2O/c1-8-16(9-2)12-17-14(3,4)13-18(16)11-10-15(5,6)19-7/h17H,8-13H2,1-7H3. The molecule has 3 heteroatoms. The van der Waals surface area contributed by atoms with Gasteiger partial charge in [0.25, 0.3) is 0 Å². The first-order chi connectivity index (χ1) is 8.70. The van der Waals surface area contributed by atoms with Crippen LogP contribution in [0.1, 0.15) is 60.8 Å². The van der Waals surface area contributed by atoms with E-state index in [1.165, 1.54) is 12.8 Å². The van der Waals surface area contributed by atoms with E-state index >= 15 is 0 Å². The summed E-state index contributed by atoms with van der Waals surface area (Å²) < 4.78 is 5.57. The molecular weight excluding hydrogens is 236 g/mol. The summed E-state index contributed by atoms with van der Waals surface area (Å²) in [5.74, 6) is 0. The third kappa shape index (κ3) is 4.17. The van der Waals surface area contributed by atoms with Gasteiger partial charge in [0.1, 0.15) is 0 Å². The number of hydrogen-bond acceptors (Lipinski definition) is 3. The van der Waals surface area contributed by atoms with Crippen molar-refractivity contribution in [3.8, 4) is 0 Å². The summed E-state index contributed by atoms with van der Waals surface area (Å²) in [6, 6.07) is 0. The predicted molar refractivity (Wildman–Crippen MR) is 82.7 cm³/mol. The fourth-order valence-electron chi connectivity index (χ4n) is 2.99. The van der Waals surface area contributed by atoms with Crippen LogP contribution in [0.5, 0.6) is 0 Å². The normalized spacial score (nSPS) is 23.5. The highest BCUT2D eigenvalue weighted by molar-refractivity contribution is 5.01. The van der Waals surface area contributed by atoms with E-state index in [0.29, 0.717) is 5.54 Å². The molecule has 0 radical (unpaired) electrons. The van der Waals surface area contributed by atoms with Crippen LogP contribution in [0.3, 0.4) is 0 Å². The molecule has 1 heterocycles. The summed E-state index contributed by atoms with van der Waals surface area (Å²) in [6.45, 7) is 16.9. The van der Waals surface area contributed by atoms with Crippen molar-refractivity contribution < 1.29 is 4.74 Å². The van der Waals surface area contributed by atoms with Gasteiger partial charge in [-0.2, -0.15) is 0 Å². The highest BCUT2D eigenvalue weighted by Crippen LogP contribution is 2.31. The molecule has 0 spiro atoms. The Kier molecular flexibility index (Phi) is 5.44. The Morgan fingerprint density at radius 1 is 1.21 bits per heavy atom. The molecule has 1 saturated heterocycles. The third-order valence-electron chi connectivity index (χ3n) is 5.01. The van der Waals surface area contributed by atoms with Gasteiger partial charge in [0.2, 0.25) is 0 Å². The van der Waals surface area contributed by atoms with E-state index in [2.05, 4.69) is 51.8 Å². The minimum absolute atomic E-state index is 0.0256. The van der Waals surface area contributed by atoms with Gasteiger partial charge in [-0.15, -0.1) is 0 Å². The summed E-state index contributed by atoms with van der Waals surface area (Å²) >= 11 is 0. The largest absolute Gasteiger partial charge is 0.379 e. The van der Waals surface area contributed by atoms with Gasteiger partial charge in [-0.05, 0) is 47.0 Å². The molecule has 1 rings (SSSR count). The number of methoxy groups -OCH3 is 1. The number of nitrogens with one attached hydrogen (secondary N) is 1. The Hall–Kier alpha value is -0.120. The van der Waals surface area contributed by atoms with Gasteiger partial charge in [-0.1, -0.05) is 13.8 Å². The van der Waals surface area contributed by atoms with Gasteiger partial charge in [-0.3, -0.25) is 4.90 Å². The van der Waals surface area contributed by atoms with Crippen molar-refractivity contribution in [1.82, 2.24) is 10.2 Å². The second-order valence-electron chi connectivity index (χ2n) is 7.30. The molecule has 0 aliphatic carbocycles. The zero-order valence-electron chi connectivity index (χ0n) is 14.1. The fraction of sp³-hybridized carbons (Fsp3) is 1.00. The first-order valence-electron chi connectivity index (χ1n) is 7.75. The number of piperazine rings is 1. The number of nitrogens with zero attached hydrogens (tertiary/aromatic N) is 1. The highest BCUT2D eigenvalue weighted by atomic mass is 16.5. The van der Waals surface area contributed by atoms with E-state index in [9.17, 15) is 0 Å². The lowest BCUT2D eigenvalue weighted by Crippen LogP contribution is -2.68. The minimum atomic E-state index is -0.0256. The predicted octanol–water partition coefficient (Wildman–Crippen LogP) is 3.04. The monoisotopic (exact) mass is 270 g/mol. The van der Waals surface area contributed by atoms with Gasteiger partial charge in [0.05, 0.1) is 5.60 Å². The van der Waals surface area contributed by atoms with Crippen molar-refractivity contribution >= 4 is 0 Å². The van der Waals surface area contributed by atoms with Crippen molar-refractivity contribution in [2.24, 2.45) is 0 Å². The zero-order chi connectivity index (χ0) is 14.7. The maximum Gasteiger partial charge on any atom is 0.0634 e. The molecule has 1 N–H and O–H groups in total. The number of hydrogen-bond donors (Lipinski definition) is 1. The van der Waals surface area contributed by atoms with Crippen LogP contribution in [0, 0.1) is 0 Å². The van der Waals surface area contributed by atoms with Crippen molar-refractivity contribution in [3.63, 3.8) is 0 Å². The summed E-state index contributed by atoms with van der Waals surface area (Å²) in [6.07, 6.45) is 3.50. The lowest BCUT2D eigenvalue weighted by atomic mass is 9.83. The molecule has 1 aliphatic rings. The van der Waals surface area contributed by atoms with Crippen LogP contribution in [0.2, 0.25) is 0 Å². The molecule has 0 bridgehead atoms. The van der Waals surface area contributed by atoms with E-state index in [0.717, 1.165) is 26.1 Å². The molecule has 0 aromatic heterocycles. The Morgan fingerprint density at radius 3 is 2.26 bits per heavy atom. The molecule has 0 atom stereocenters. The first kappa shape index (κ1) is 16.9. The van der Waals surface area contributed by atoms with Crippen LogP contribution in [0.25, 0.3) is 0 Å². The van der Waals surface area contributed by atoms with Crippen LogP contribution in [0.15, 0.2) is 0 Å². The Morgan fingerprint density at radius 2 is 1.79 bits per heavy atom. The molecule has 1 aliphatic heterocycles. The van der Waals surface area contributed by atoms with Crippen molar-refractivity contribution in [2.75, 3.05) is 26.7 Å². The Balaban J connectivity index is 2.77. The van der Waals surface area contributed by atoms with Crippen LogP contribution in [-0.4, -0.2) is 48.3 Å². The van der Waals surface area contributed by atoms with Gasteiger partial charge < -0.3 is 10.1 Å². The summed E-state index contributed by atoms with van der Waals surface area (Å²) in [5, 5.41) is 3.72. The molecule has 3 nitrogen and oxygen atoms in total. The van der Waals surface area contributed by atoms with Gasteiger partial charge in [0, 0.05) is 37.8 Å². The summed E-state index contributed by atoms with van der Waals surface area (Å²) in [7, 11) is 1.81. The maximum absolute atomic E-state index is 5.57. The Labute approximate surface area is 120 Å². The third-order valence-corrected chi connectivity index (χ3v) is 5.01. The Bertz CT molecular complexity index is 282. The van der Waals surface area contributed by atoms with Crippen molar-refractivity contribution in [1.29, 1.82) is 0 Å². The minimum Gasteiger partial charge on any atom is -0.379 e. The van der Waals surface area contributed by atoms with E-state index in [-0.39, 0.29) is 11.1 Å². The topological polar surface area (TPSA) is 24.5 Å². The molecule has 1 fully saturated rings. The van der Waals surface area contributed by atoms with E-state index in [4.69, 9.17) is 4.74 Å². The fourth-order valence-corrected chi connectivity index (χ4v) is 2.99. The van der Waals surface area contributed by atoms with Gasteiger partial charge in [-0.25, -0.2) is 0 Å². The first-order valence-corrected chi connectivity index (χ1v) is 7.75.